The molecule has 2 rings (SSSR count). The van der Waals surface area contributed by atoms with Gasteiger partial charge in [0.15, 0.2) is 11.6 Å². The average molecular weight is 239 g/mol. The van der Waals surface area contributed by atoms with Gasteiger partial charge in [0.1, 0.15) is 5.78 Å². The second kappa shape index (κ2) is 4.92. The molecular formula is C13H15F2NO. The molecular weight excluding hydrogens is 224 g/mol. The maximum absolute atomic E-state index is 13.4. The van der Waals surface area contributed by atoms with E-state index in [1.54, 1.807) is 0 Å². The third-order valence-corrected chi connectivity index (χ3v) is 3.38. The highest BCUT2D eigenvalue weighted by molar-refractivity contribution is 5.84. The van der Waals surface area contributed by atoms with Crippen molar-refractivity contribution in [2.45, 2.75) is 31.7 Å². The molecule has 0 aliphatic heterocycles. The molecule has 2 unspecified atom stereocenters. The van der Waals surface area contributed by atoms with E-state index in [1.807, 2.05) is 0 Å². The lowest BCUT2D eigenvalue weighted by molar-refractivity contribution is -0.122. The second-order valence-electron chi connectivity index (χ2n) is 4.56. The summed E-state index contributed by atoms with van der Waals surface area (Å²) in [6, 6.07) is 3.77. The molecule has 0 bridgehead atoms. The van der Waals surface area contributed by atoms with Gasteiger partial charge in [-0.05, 0) is 24.5 Å². The van der Waals surface area contributed by atoms with Crippen LogP contribution in [0, 0.1) is 17.6 Å². The zero-order chi connectivity index (χ0) is 12.4. The standard InChI is InChI=1S/C13H15F2NO/c14-10-5-1-3-8(13(10)15)7-12(17)9-4-2-6-11(9)16/h1,3,5,9,11H,2,4,6-7,16H2. The first-order valence-corrected chi connectivity index (χ1v) is 5.81. The van der Waals surface area contributed by atoms with Gasteiger partial charge < -0.3 is 5.73 Å². The van der Waals surface area contributed by atoms with Crippen LogP contribution in [-0.4, -0.2) is 11.8 Å². The minimum atomic E-state index is -0.924. The quantitative estimate of drug-likeness (QED) is 0.878. The van der Waals surface area contributed by atoms with Crippen LogP contribution >= 0.6 is 0 Å². The third kappa shape index (κ3) is 2.52. The molecule has 1 aliphatic carbocycles. The first kappa shape index (κ1) is 12.2. The van der Waals surface area contributed by atoms with Crippen molar-refractivity contribution in [1.82, 2.24) is 0 Å². The Balaban J connectivity index is 2.10. The monoisotopic (exact) mass is 239 g/mol. The summed E-state index contributed by atoms with van der Waals surface area (Å²) in [4.78, 5) is 11.9. The van der Waals surface area contributed by atoms with E-state index >= 15 is 0 Å². The van der Waals surface area contributed by atoms with Crippen molar-refractivity contribution in [1.29, 1.82) is 0 Å². The van der Waals surface area contributed by atoms with Crippen LogP contribution in [0.4, 0.5) is 8.78 Å². The minimum Gasteiger partial charge on any atom is -0.327 e. The van der Waals surface area contributed by atoms with E-state index in [0.717, 1.165) is 25.3 Å². The summed E-state index contributed by atoms with van der Waals surface area (Å²) < 4.78 is 26.4. The van der Waals surface area contributed by atoms with E-state index < -0.39 is 11.6 Å². The number of hydrogen-bond donors (Lipinski definition) is 1. The van der Waals surface area contributed by atoms with Crippen LogP contribution in [0.2, 0.25) is 0 Å². The molecule has 0 amide bonds. The molecule has 2 N–H and O–H groups in total. The van der Waals surface area contributed by atoms with E-state index in [-0.39, 0.29) is 29.7 Å². The topological polar surface area (TPSA) is 43.1 Å². The van der Waals surface area contributed by atoms with Gasteiger partial charge in [-0.3, -0.25) is 4.79 Å². The fourth-order valence-corrected chi connectivity index (χ4v) is 2.39. The van der Waals surface area contributed by atoms with Crippen LogP contribution in [-0.2, 0) is 11.2 Å². The summed E-state index contributed by atoms with van der Waals surface area (Å²) in [6.07, 6.45) is 2.46. The Morgan fingerprint density at radius 3 is 2.76 bits per heavy atom. The van der Waals surface area contributed by atoms with Gasteiger partial charge in [-0.25, -0.2) is 8.78 Å². The van der Waals surface area contributed by atoms with Crippen LogP contribution < -0.4 is 5.73 Å². The number of carbonyl (C=O) groups excluding carboxylic acids is 1. The molecule has 0 spiro atoms. The van der Waals surface area contributed by atoms with Gasteiger partial charge >= 0.3 is 0 Å². The number of benzene rings is 1. The summed E-state index contributed by atoms with van der Waals surface area (Å²) in [7, 11) is 0. The lowest BCUT2D eigenvalue weighted by Crippen LogP contribution is -2.31. The van der Waals surface area contributed by atoms with Crippen molar-refractivity contribution in [2.75, 3.05) is 0 Å². The molecule has 2 nitrogen and oxygen atoms in total. The van der Waals surface area contributed by atoms with Gasteiger partial charge in [-0.1, -0.05) is 18.6 Å². The van der Waals surface area contributed by atoms with Crippen molar-refractivity contribution in [2.24, 2.45) is 11.7 Å². The normalized spacial score (nSPS) is 23.9. The molecule has 92 valence electrons. The van der Waals surface area contributed by atoms with Gasteiger partial charge in [-0.2, -0.15) is 0 Å². The Bertz CT molecular complexity index is 433. The van der Waals surface area contributed by atoms with Gasteiger partial charge in [0, 0.05) is 18.4 Å². The first-order chi connectivity index (χ1) is 8.09. The zero-order valence-electron chi connectivity index (χ0n) is 9.46. The van der Waals surface area contributed by atoms with Crippen LogP contribution in [0.3, 0.4) is 0 Å². The first-order valence-electron chi connectivity index (χ1n) is 5.81. The maximum Gasteiger partial charge on any atom is 0.162 e. The van der Waals surface area contributed by atoms with E-state index in [1.165, 1.54) is 12.1 Å². The summed E-state index contributed by atoms with van der Waals surface area (Å²) >= 11 is 0. The number of halogens is 2. The van der Waals surface area contributed by atoms with Crippen LogP contribution in [0.5, 0.6) is 0 Å². The Labute approximate surface area is 98.8 Å². The predicted octanol–water partition coefficient (Wildman–Crippen LogP) is 2.20. The maximum atomic E-state index is 13.4. The fourth-order valence-electron chi connectivity index (χ4n) is 2.39. The zero-order valence-corrected chi connectivity index (χ0v) is 9.46. The molecule has 4 heteroatoms. The molecule has 1 aromatic rings. The molecule has 0 radical (unpaired) electrons. The summed E-state index contributed by atoms with van der Waals surface area (Å²) in [6.45, 7) is 0. The van der Waals surface area contributed by atoms with Crippen LogP contribution in [0.15, 0.2) is 18.2 Å². The van der Waals surface area contributed by atoms with Crippen molar-refractivity contribution in [3.05, 3.63) is 35.4 Å². The smallest absolute Gasteiger partial charge is 0.162 e. The lowest BCUT2D eigenvalue weighted by Gasteiger charge is -2.14. The summed E-state index contributed by atoms with van der Waals surface area (Å²) in [5.74, 6) is -2.12. The number of ketones is 1. The van der Waals surface area contributed by atoms with Crippen molar-refractivity contribution in [3.63, 3.8) is 0 Å². The number of carbonyl (C=O) groups is 1. The SMILES string of the molecule is NC1CCCC1C(=O)Cc1cccc(F)c1F. The molecule has 1 aromatic carbocycles. The number of Topliss-reactive ketones (excluding diaryl/α,β-unsaturated/α-hetero) is 1. The molecule has 2 atom stereocenters. The number of rotatable bonds is 3. The predicted molar refractivity (Wildman–Crippen MR) is 60.4 cm³/mol. The largest absolute Gasteiger partial charge is 0.327 e. The van der Waals surface area contributed by atoms with Gasteiger partial charge in [0.05, 0.1) is 0 Å². The van der Waals surface area contributed by atoms with Crippen LogP contribution in [0.1, 0.15) is 24.8 Å². The number of nitrogens with two attached hydrogens (primary N) is 1. The molecule has 1 aliphatic rings. The highest BCUT2D eigenvalue weighted by Gasteiger charge is 2.30. The molecule has 1 saturated carbocycles. The van der Waals surface area contributed by atoms with Crippen molar-refractivity contribution >= 4 is 5.78 Å². The summed E-state index contributed by atoms with van der Waals surface area (Å²) in [5.41, 5.74) is 5.93. The second-order valence-corrected chi connectivity index (χ2v) is 4.56. The Morgan fingerprint density at radius 1 is 1.35 bits per heavy atom. The molecule has 17 heavy (non-hydrogen) atoms. The fraction of sp³-hybridized carbons (Fsp3) is 0.462. The highest BCUT2D eigenvalue weighted by Crippen LogP contribution is 2.26. The average Bonchev–Trinajstić information content (AvgIpc) is 2.71. The molecule has 0 saturated heterocycles. The van der Waals surface area contributed by atoms with Crippen molar-refractivity contribution in [3.8, 4) is 0 Å². The number of hydrogen-bond acceptors (Lipinski definition) is 2. The molecule has 1 fully saturated rings. The Morgan fingerprint density at radius 2 is 2.12 bits per heavy atom. The van der Waals surface area contributed by atoms with Crippen molar-refractivity contribution < 1.29 is 13.6 Å². The van der Waals surface area contributed by atoms with Gasteiger partial charge in [0.25, 0.3) is 0 Å². The minimum absolute atomic E-state index is 0.0675. The Hall–Kier alpha value is -1.29. The molecule has 0 heterocycles. The van der Waals surface area contributed by atoms with Gasteiger partial charge in [-0.15, -0.1) is 0 Å². The van der Waals surface area contributed by atoms with E-state index in [4.69, 9.17) is 5.73 Å². The van der Waals surface area contributed by atoms with Gasteiger partial charge in [0.2, 0.25) is 0 Å². The molecule has 0 aromatic heterocycles. The van der Waals surface area contributed by atoms with Crippen LogP contribution in [0.25, 0.3) is 0 Å². The summed E-state index contributed by atoms with van der Waals surface area (Å²) in [5, 5.41) is 0. The third-order valence-electron chi connectivity index (χ3n) is 3.38. The van der Waals surface area contributed by atoms with E-state index in [9.17, 15) is 13.6 Å². The lowest BCUT2D eigenvalue weighted by atomic mass is 9.94. The Kier molecular flexibility index (Phi) is 3.52. The van der Waals surface area contributed by atoms with E-state index in [2.05, 4.69) is 0 Å². The highest BCUT2D eigenvalue weighted by atomic mass is 19.2. The van der Waals surface area contributed by atoms with E-state index in [0.29, 0.717) is 0 Å².